The monoisotopic (exact) mass is 390 g/mol. The van der Waals surface area contributed by atoms with E-state index in [2.05, 4.69) is 5.10 Å². The highest BCUT2D eigenvalue weighted by atomic mass is 19.4. The van der Waals surface area contributed by atoms with Gasteiger partial charge in [0.25, 0.3) is 0 Å². The van der Waals surface area contributed by atoms with E-state index >= 15 is 0 Å². The lowest BCUT2D eigenvalue weighted by atomic mass is 10.0. The summed E-state index contributed by atoms with van der Waals surface area (Å²) in [6.45, 7) is 0. The summed E-state index contributed by atoms with van der Waals surface area (Å²) in [5.74, 6) is 1.12. The topological polar surface area (TPSA) is 36.3 Å². The average molecular weight is 390 g/mol. The standard InChI is InChI=1S/C21H21F3N2O2/c1-27-14-10-11-15(18(12-14)28-2)19-16-8-5-9-17(21(22,23)24)20(16)26(25-19)13-6-3-4-7-13/h5,8-13H,3-4,6-7H2,1-2H3. The van der Waals surface area contributed by atoms with Gasteiger partial charge in [0.1, 0.15) is 17.2 Å². The molecule has 0 N–H and O–H groups in total. The van der Waals surface area contributed by atoms with Crippen LogP contribution in [0.3, 0.4) is 0 Å². The second-order valence-corrected chi connectivity index (χ2v) is 7.00. The third-order valence-electron chi connectivity index (χ3n) is 5.37. The zero-order valence-corrected chi connectivity index (χ0v) is 15.7. The third kappa shape index (κ3) is 3.08. The number of benzene rings is 2. The Kier molecular flexibility index (Phi) is 4.69. The van der Waals surface area contributed by atoms with Crippen molar-refractivity contribution in [1.82, 2.24) is 9.78 Å². The molecule has 0 spiro atoms. The first-order valence-corrected chi connectivity index (χ1v) is 9.25. The molecule has 3 aromatic rings. The van der Waals surface area contributed by atoms with Crippen molar-refractivity contribution in [3.8, 4) is 22.8 Å². The van der Waals surface area contributed by atoms with Gasteiger partial charge in [-0.25, -0.2) is 0 Å². The zero-order chi connectivity index (χ0) is 19.9. The summed E-state index contributed by atoms with van der Waals surface area (Å²) in [6, 6.07) is 9.48. The minimum Gasteiger partial charge on any atom is -0.497 e. The molecule has 0 aliphatic heterocycles. The largest absolute Gasteiger partial charge is 0.497 e. The molecule has 0 atom stereocenters. The highest BCUT2D eigenvalue weighted by molar-refractivity contribution is 5.97. The number of hydrogen-bond acceptors (Lipinski definition) is 3. The Hall–Kier alpha value is -2.70. The van der Waals surface area contributed by atoms with Crippen molar-refractivity contribution in [3.63, 3.8) is 0 Å². The van der Waals surface area contributed by atoms with E-state index < -0.39 is 11.7 Å². The van der Waals surface area contributed by atoms with E-state index in [1.165, 1.54) is 13.2 Å². The van der Waals surface area contributed by atoms with E-state index in [-0.39, 0.29) is 11.6 Å². The molecule has 0 amide bonds. The average Bonchev–Trinajstić information content (AvgIpc) is 3.34. The van der Waals surface area contributed by atoms with Gasteiger partial charge in [-0.1, -0.05) is 25.0 Å². The van der Waals surface area contributed by atoms with E-state index in [0.717, 1.165) is 31.7 Å². The van der Waals surface area contributed by atoms with Crippen LogP contribution in [-0.2, 0) is 6.18 Å². The SMILES string of the molecule is COc1ccc(-c2nn(C3CCCC3)c3c(C(F)(F)F)cccc23)c(OC)c1. The number of alkyl halides is 3. The predicted molar refractivity (Wildman–Crippen MR) is 101 cm³/mol. The van der Waals surface area contributed by atoms with Gasteiger partial charge in [0, 0.05) is 17.0 Å². The molecule has 1 fully saturated rings. The van der Waals surface area contributed by atoms with E-state index in [1.54, 1.807) is 36.1 Å². The number of ether oxygens (including phenoxy) is 2. The molecule has 0 saturated heterocycles. The molecule has 1 aromatic heterocycles. The van der Waals surface area contributed by atoms with Crippen molar-refractivity contribution in [3.05, 3.63) is 42.0 Å². The lowest BCUT2D eigenvalue weighted by Crippen LogP contribution is -2.12. The zero-order valence-electron chi connectivity index (χ0n) is 15.7. The number of fused-ring (bicyclic) bond motifs is 1. The first kappa shape index (κ1) is 18.7. The van der Waals surface area contributed by atoms with E-state index in [1.807, 2.05) is 0 Å². The molecule has 4 nitrogen and oxygen atoms in total. The van der Waals surface area contributed by atoms with Gasteiger partial charge >= 0.3 is 6.18 Å². The molecule has 148 valence electrons. The van der Waals surface area contributed by atoms with Gasteiger partial charge in [-0.3, -0.25) is 4.68 Å². The minimum absolute atomic E-state index is 0.0241. The Bertz CT molecular complexity index is 1000. The lowest BCUT2D eigenvalue weighted by Gasteiger charge is -2.15. The number of para-hydroxylation sites is 1. The van der Waals surface area contributed by atoms with Crippen LogP contribution in [-0.4, -0.2) is 24.0 Å². The molecule has 7 heteroatoms. The quantitative estimate of drug-likeness (QED) is 0.560. The second kappa shape index (κ2) is 7.04. The fourth-order valence-corrected chi connectivity index (χ4v) is 4.03. The summed E-state index contributed by atoms with van der Waals surface area (Å²) in [7, 11) is 3.07. The van der Waals surface area contributed by atoms with Gasteiger partial charge in [0.05, 0.1) is 31.3 Å². The van der Waals surface area contributed by atoms with Crippen LogP contribution >= 0.6 is 0 Å². The van der Waals surface area contributed by atoms with Crippen LogP contribution in [0.2, 0.25) is 0 Å². The molecule has 0 bridgehead atoms. The van der Waals surface area contributed by atoms with Crippen LogP contribution in [0.1, 0.15) is 37.3 Å². The maximum Gasteiger partial charge on any atom is 0.418 e. The number of aromatic nitrogens is 2. The summed E-state index contributed by atoms with van der Waals surface area (Å²) in [4.78, 5) is 0. The molecule has 1 aliphatic carbocycles. The van der Waals surface area contributed by atoms with Crippen LogP contribution in [0.15, 0.2) is 36.4 Å². The Morgan fingerprint density at radius 1 is 1.04 bits per heavy atom. The molecule has 0 unspecified atom stereocenters. The number of rotatable bonds is 4. The lowest BCUT2D eigenvalue weighted by molar-refractivity contribution is -0.136. The summed E-state index contributed by atoms with van der Waals surface area (Å²) in [5, 5.41) is 5.15. The fourth-order valence-electron chi connectivity index (χ4n) is 4.03. The summed E-state index contributed by atoms with van der Waals surface area (Å²) >= 11 is 0. The van der Waals surface area contributed by atoms with Crippen LogP contribution in [0.5, 0.6) is 11.5 Å². The van der Waals surface area contributed by atoms with Crippen molar-refractivity contribution in [2.45, 2.75) is 37.9 Å². The Morgan fingerprint density at radius 2 is 1.79 bits per heavy atom. The van der Waals surface area contributed by atoms with Gasteiger partial charge in [-0.05, 0) is 31.0 Å². The van der Waals surface area contributed by atoms with Crippen molar-refractivity contribution in [2.75, 3.05) is 14.2 Å². The normalized spacial score (nSPS) is 15.3. The van der Waals surface area contributed by atoms with E-state index in [9.17, 15) is 13.2 Å². The summed E-state index contributed by atoms with van der Waals surface area (Å²) in [6.07, 6.45) is -0.774. The van der Waals surface area contributed by atoms with E-state index in [4.69, 9.17) is 9.47 Å². The van der Waals surface area contributed by atoms with Gasteiger partial charge in [-0.2, -0.15) is 18.3 Å². The van der Waals surface area contributed by atoms with Gasteiger partial charge < -0.3 is 9.47 Å². The molecule has 1 heterocycles. The van der Waals surface area contributed by atoms with Gasteiger partial charge in [-0.15, -0.1) is 0 Å². The number of hydrogen-bond donors (Lipinski definition) is 0. The second-order valence-electron chi connectivity index (χ2n) is 7.00. The van der Waals surface area contributed by atoms with E-state index in [0.29, 0.717) is 28.1 Å². The molecule has 1 aliphatic rings. The number of nitrogens with zero attached hydrogens (tertiary/aromatic N) is 2. The summed E-state index contributed by atoms with van der Waals surface area (Å²) in [5.41, 5.74) is 0.634. The van der Waals surface area contributed by atoms with Crippen molar-refractivity contribution in [2.24, 2.45) is 0 Å². The first-order valence-electron chi connectivity index (χ1n) is 9.25. The molecule has 28 heavy (non-hydrogen) atoms. The molecule has 0 radical (unpaired) electrons. The van der Waals surface area contributed by atoms with Crippen molar-refractivity contribution < 1.29 is 22.6 Å². The van der Waals surface area contributed by atoms with Crippen LogP contribution in [0.4, 0.5) is 13.2 Å². The summed E-state index contributed by atoms with van der Waals surface area (Å²) < 4.78 is 53.6. The molecule has 2 aromatic carbocycles. The number of methoxy groups -OCH3 is 2. The Balaban J connectivity index is 2.01. The molecule has 4 rings (SSSR count). The first-order chi connectivity index (χ1) is 13.4. The fraction of sp³-hybridized carbons (Fsp3) is 0.381. The smallest absolute Gasteiger partial charge is 0.418 e. The van der Waals surface area contributed by atoms with Gasteiger partial charge in [0.2, 0.25) is 0 Å². The Labute approximate surface area is 160 Å². The van der Waals surface area contributed by atoms with Crippen molar-refractivity contribution in [1.29, 1.82) is 0 Å². The maximum atomic E-state index is 13.8. The molecular formula is C21H21F3N2O2. The molecular weight excluding hydrogens is 369 g/mol. The third-order valence-corrected chi connectivity index (χ3v) is 5.37. The maximum absolute atomic E-state index is 13.8. The van der Waals surface area contributed by atoms with Crippen LogP contribution in [0.25, 0.3) is 22.2 Å². The van der Waals surface area contributed by atoms with Gasteiger partial charge in [0.15, 0.2) is 0 Å². The van der Waals surface area contributed by atoms with Crippen LogP contribution in [0, 0.1) is 0 Å². The Morgan fingerprint density at radius 3 is 2.43 bits per heavy atom. The predicted octanol–water partition coefficient (Wildman–Crippen LogP) is 5.85. The minimum atomic E-state index is -4.45. The van der Waals surface area contributed by atoms with Crippen molar-refractivity contribution >= 4 is 10.9 Å². The van der Waals surface area contributed by atoms with Crippen LogP contribution < -0.4 is 9.47 Å². The highest BCUT2D eigenvalue weighted by Crippen LogP contribution is 2.43. The highest BCUT2D eigenvalue weighted by Gasteiger charge is 2.36. The molecule has 1 saturated carbocycles. The number of halogens is 3.